The summed E-state index contributed by atoms with van der Waals surface area (Å²) >= 11 is 0. The number of rotatable bonds is 7. The highest BCUT2D eigenvalue weighted by molar-refractivity contribution is 5.80. The Hall–Kier alpha value is -2.56. The molecule has 122 valence electrons. The van der Waals surface area contributed by atoms with E-state index in [4.69, 9.17) is 9.47 Å². The Balaban J connectivity index is 1.72. The van der Waals surface area contributed by atoms with Crippen LogP contribution in [0.5, 0.6) is 11.5 Å². The van der Waals surface area contributed by atoms with Gasteiger partial charge in [-0.05, 0) is 49.7 Å². The van der Waals surface area contributed by atoms with Crippen LogP contribution in [0.25, 0.3) is 0 Å². The second kappa shape index (κ2) is 8.17. The molecule has 5 heteroatoms. The van der Waals surface area contributed by atoms with E-state index in [-0.39, 0.29) is 11.7 Å². The highest BCUT2D eigenvalue weighted by Crippen LogP contribution is 2.15. The number of ether oxygens (including phenoxy) is 2. The molecule has 0 aliphatic heterocycles. The van der Waals surface area contributed by atoms with Crippen molar-refractivity contribution in [3.8, 4) is 11.5 Å². The average Bonchev–Trinajstić information content (AvgIpc) is 2.55. The summed E-state index contributed by atoms with van der Waals surface area (Å²) in [5.41, 5.74) is 1.05. The number of amides is 1. The van der Waals surface area contributed by atoms with E-state index in [1.165, 1.54) is 24.3 Å². The van der Waals surface area contributed by atoms with Crippen molar-refractivity contribution in [3.05, 3.63) is 59.9 Å². The molecule has 0 radical (unpaired) electrons. The van der Waals surface area contributed by atoms with Crippen LogP contribution in [0.4, 0.5) is 4.39 Å². The molecule has 0 saturated heterocycles. The first-order valence-corrected chi connectivity index (χ1v) is 7.44. The quantitative estimate of drug-likeness (QED) is 0.798. The van der Waals surface area contributed by atoms with Gasteiger partial charge in [-0.3, -0.25) is 4.79 Å². The lowest BCUT2D eigenvalue weighted by atomic mass is 10.2. The lowest BCUT2D eigenvalue weighted by Gasteiger charge is -2.15. The molecule has 0 saturated carbocycles. The normalized spacial score (nSPS) is 11.6. The molecule has 0 aliphatic carbocycles. The van der Waals surface area contributed by atoms with E-state index in [1.54, 1.807) is 6.92 Å². The molecule has 2 rings (SSSR count). The van der Waals surface area contributed by atoms with Crippen molar-refractivity contribution in [2.24, 2.45) is 0 Å². The van der Waals surface area contributed by atoms with E-state index in [0.29, 0.717) is 18.9 Å². The molecule has 0 fully saturated rings. The zero-order valence-corrected chi connectivity index (χ0v) is 13.2. The molecule has 0 unspecified atom stereocenters. The minimum atomic E-state index is -0.668. The third-order valence-electron chi connectivity index (χ3n) is 3.25. The van der Waals surface area contributed by atoms with Crippen molar-refractivity contribution in [3.63, 3.8) is 0 Å². The summed E-state index contributed by atoms with van der Waals surface area (Å²) < 4.78 is 23.9. The number of hydrogen-bond donors (Lipinski definition) is 1. The topological polar surface area (TPSA) is 47.6 Å². The highest BCUT2D eigenvalue weighted by Gasteiger charge is 2.14. The molecule has 0 heterocycles. The van der Waals surface area contributed by atoms with Gasteiger partial charge in [0.2, 0.25) is 0 Å². The van der Waals surface area contributed by atoms with Gasteiger partial charge in [0.15, 0.2) is 6.10 Å². The smallest absolute Gasteiger partial charge is 0.260 e. The van der Waals surface area contributed by atoms with Crippen molar-refractivity contribution < 1.29 is 18.7 Å². The fourth-order valence-electron chi connectivity index (χ4n) is 1.97. The van der Waals surface area contributed by atoms with Gasteiger partial charge in [0, 0.05) is 0 Å². The summed E-state index contributed by atoms with van der Waals surface area (Å²) in [7, 11) is 0. The van der Waals surface area contributed by atoms with Crippen LogP contribution in [0.2, 0.25) is 0 Å². The molecule has 0 aliphatic rings. The summed E-state index contributed by atoms with van der Waals surface area (Å²) in [5, 5.41) is 2.74. The predicted octanol–water partition coefficient (Wildman–Crippen LogP) is 3.10. The number of para-hydroxylation sites is 1. The Kier molecular flexibility index (Phi) is 5.97. The SMILES string of the molecule is Cc1ccccc1OCCNC(=O)[C@H](C)Oc1ccc(F)cc1. The van der Waals surface area contributed by atoms with E-state index < -0.39 is 6.10 Å². The van der Waals surface area contributed by atoms with Crippen molar-refractivity contribution in [2.45, 2.75) is 20.0 Å². The maximum atomic E-state index is 12.8. The fraction of sp³-hybridized carbons (Fsp3) is 0.278. The van der Waals surface area contributed by atoms with E-state index in [2.05, 4.69) is 5.32 Å². The maximum absolute atomic E-state index is 12.8. The standard InChI is InChI=1S/C18H20FNO3/c1-13-5-3-4-6-17(13)22-12-11-20-18(21)14(2)23-16-9-7-15(19)8-10-16/h3-10,14H,11-12H2,1-2H3,(H,20,21)/t14-/m0/s1. The minimum Gasteiger partial charge on any atom is -0.491 e. The van der Waals surface area contributed by atoms with Gasteiger partial charge in [0.25, 0.3) is 5.91 Å². The lowest BCUT2D eigenvalue weighted by Crippen LogP contribution is -2.38. The second-order valence-electron chi connectivity index (χ2n) is 5.12. The van der Waals surface area contributed by atoms with Crippen molar-refractivity contribution >= 4 is 5.91 Å². The lowest BCUT2D eigenvalue weighted by molar-refractivity contribution is -0.127. The van der Waals surface area contributed by atoms with E-state index >= 15 is 0 Å². The predicted molar refractivity (Wildman–Crippen MR) is 86.2 cm³/mol. The van der Waals surface area contributed by atoms with Gasteiger partial charge in [0.05, 0.1) is 6.54 Å². The summed E-state index contributed by atoms with van der Waals surface area (Å²) in [6, 6.07) is 13.2. The third kappa shape index (κ3) is 5.29. The molecule has 2 aromatic carbocycles. The van der Waals surface area contributed by atoms with Gasteiger partial charge in [0.1, 0.15) is 23.9 Å². The highest BCUT2D eigenvalue weighted by atomic mass is 19.1. The first kappa shape index (κ1) is 16.8. The van der Waals surface area contributed by atoms with Gasteiger partial charge < -0.3 is 14.8 Å². The Bertz CT molecular complexity index is 643. The number of halogens is 1. The van der Waals surface area contributed by atoms with Gasteiger partial charge in [-0.2, -0.15) is 0 Å². The van der Waals surface area contributed by atoms with Crippen LogP contribution in [-0.4, -0.2) is 25.2 Å². The monoisotopic (exact) mass is 317 g/mol. The number of nitrogens with one attached hydrogen (secondary N) is 1. The van der Waals surface area contributed by atoms with Gasteiger partial charge >= 0.3 is 0 Å². The summed E-state index contributed by atoms with van der Waals surface area (Å²) in [4.78, 5) is 11.9. The van der Waals surface area contributed by atoms with Crippen molar-refractivity contribution in [1.82, 2.24) is 5.32 Å². The zero-order valence-electron chi connectivity index (χ0n) is 13.2. The number of carbonyl (C=O) groups is 1. The van der Waals surface area contributed by atoms with Crippen LogP contribution < -0.4 is 14.8 Å². The Morgan fingerprint density at radius 3 is 2.57 bits per heavy atom. The molecule has 0 aromatic heterocycles. The molecular weight excluding hydrogens is 297 g/mol. The van der Waals surface area contributed by atoms with Gasteiger partial charge in [-0.1, -0.05) is 18.2 Å². The van der Waals surface area contributed by atoms with Crippen LogP contribution in [0.1, 0.15) is 12.5 Å². The largest absolute Gasteiger partial charge is 0.491 e. The third-order valence-corrected chi connectivity index (χ3v) is 3.25. The van der Waals surface area contributed by atoms with E-state index in [0.717, 1.165) is 11.3 Å². The summed E-state index contributed by atoms with van der Waals surface area (Å²) in [6.45, 7) is 4.36. The average molecular weight is 317 g/mol. The van der Waals surface area contributed by atoms with Crippen LogP contribution in [0, 0.1) is 12.7 Å². The number of hydrogen-bond acceptors (Lipinski definition) is 3. The minimum absolute atomic E-state index is 0.247. The van der Waals surface area contributed by atoms with Crippen LogP contribution in [0.15, 0.2) is 48.5 Å². The fourth-order valence-corrected chi connectivity index (χ4v) is 1.97. The molecular formula is C18H20FNO3. The molecule has 1 amide bonds. The number of carbonyl (C=O) groups excluding carboxylic acids is 1. The number of aryl methyl sites for hydroxylation is 1. The molecule has 4 nitrogen and oxygen atoms in total. The van der Waals surface area contributed by atoms with Crippen molar-refractivity contribution in [1.29, 1.82) is 0 Å². The maximum Gasteiger partial charge on any atom is 0.260 e. The molecule has 0 bridgehead atoms. The van der Waals surface area contributed by atoms with Crippen LogP contribution in [-0.2, 0) is 4.79 Å². The molecule has 2 aromatic rings. The molecule has 0 spiro atoms. The van der Waals surface area contributed by atoms with Gasteiger partial charge in [-0.15, -0.1) is 0 Å². The number of benzene rings is 2. The molecule has 23 heavy (non-hydrogen) atoms. The first-order chi connectivity index (χ1) is 11.1. The Labute approximate surface area is 135 Å². The van der Waals surface area contributed by atoms with Crippen LogP contribution >= 0.6 is 0 Å². The summed E-state index contributed by atoms with van der Waals surface area (Å²) in [5.74, 6) is 0.660. The first-order valence-electron chi connectivity index (χ1n) is 7.44. The van der Waals surface area contributed by atoms with Gasteiger partial charge in [-0.25, -0.2) is 4.39 Å². The Morgan fingerprint density at radius 2 is 1.87 bits per heavy atom. The molecule has 1 atom stereocenters. The van der Waals surface area contributed by atoms with E-state index in [9.17, 15) is 9.18 Å². The second-order valence-corrected chi connectivity index (χ2v) is 5.12. The van der Waals surface area contributed by atoms with E-state index in [1.807, 2.05) is 31.2 Å². The van der Waals surface area contributed by atoms with Crippen molar-refractivity contribution in [2.75, 3.05) is 13.2 Å². The Morgan fingerprint density at radius 1 is 1.17 bits per heavy atom. The zero-order chi connectivity index (χ0) is 16.7. The molecule has 1 N–H and O–H groups in total. The summed E-state index contributed by atoms with van der Waals surface area (Å²) in [6.07, 6.45) is -0.668. The van der Waals surface area contributed by atoms with Crippen LogP contribution in [0.3, 0.4) is 0 Å².